The molecule has 1 aromatic carbocycles. The lowest BCUT2D eigenvalue weighted by Gasteiger charge is -2.45. The van der Waals surface area contributed by atoms with Gasteiger partial charge in [-0.2, -0.15) is 0 Å². The maximum absolute atomic E-state index is 3.57. The zero-order valence-corrected chi connectivity index (χ0v) is 13.0. The molecule has 1 unspecified atom stereocenters. The second-order valence-corrected chi connectivity index (χ2v) is 6.87. The van der Waals surface area contributed by atoms with E-state index >= 15 is 0 Å². The van der Waals surface area contributed by atoms with Gasteiger partial charge in [-0.15, -0.1) is 0 Å². The number of nitrogens with zero attached hydrogens (tertiary/aromatic N) is 1. The summed E-state index contributed by atoms with van der Waals surface area (Å²) in [6, 6.07) is 9.72. The Morgan fingerprint density at radius 1 is 1.26 bits per heavy atom. The largest absolute Gasteiger partial charge is 0.311 e. The summed E-state index contributed by atoms with van der Waals surface area (Å²) in [7, 11) is 0. The Morgan fingerprint density at radius 3 is 2.47 bits per heavy atom. The van der Waals surface area contributed by atoms with E-state index in [0.717, 1.165) is 19.6 Å². The highest BCUT2D eigenvalue weighted by atomic mass is 15.3. The van der Waals surface area contributed by atoms with Crippen LogP contribution in [0.3, 0.4) is 0 Å². The molecule has 0 spiro atoms. The normalized spacial score (nSPS) is 23.8. The summed E-state index contributed by atoms with van der Waals surface area (Å²) in [6.07, 6.45) is 0. The molecule has 1 aliphatic heterocycles. The van der Waals surface area contributed by atoms with Crippen molar-refractivity contribution in [3.63, 3.8) is 0 Å². The smallest absolute Gasteiger partial charge is 0.0281 e. The second kappa shape index (κ2) is 5.64. The molecular weight excluding hydrogens is 232 g/mol. The number of hydrogen-bond donors (Lipinski definition) is 1. The van der Waals surface area contributed by atoms with Crippen molar-refractivity contribution in [2.75, 3.05) is 13.1 Å². The molecule has 1 heterocycles. The molecule has 1 N–H and O–H groups in total. The van der Waals surface area contributed by atoms with Gasteiger partial charge in [0.15, 0.2) is 0 Å². The van der Waals surface area contributed by atoms with Gasteiger partial charge in [0.05, 0.1) is 0 Å². The van der Waals surface area contributed by atoms with Crippen LogP contribution in [0.4, 0.5) is 0 Å². The molecule has 19 heavy (non-hydrogen) atoms. The maximum atomic E-state index is 3.57. The third kappa shape index (κ3) is 3.58. The van der Waals surface area contributed by atoms with Gasteiger partial charge in [0.25, 0.3) is 0 Å². The molecule has 1 aliphatic rings. The van der Waals surface area contributed by atoms with E-state index < -0.39 is 0 Å². The summed E-state index contributed by atoms with van der Waals surface area (Å²) in [6.45, 7) is 14.7. The zero-order chi connectivity index (χ0) is 14.0. The van der Waals surface area contributed by atoms with Gasteiger partial charge in [-0.3, -0.25) is 4.90 Å². The Kier molecular flexibility index (Phi) is 4.32. The predicted octanol–water partition coefficient (Wildman–Crippen LogP) is 3.38. The molecule has 0 radical (unpaired) electrons. The van der Waals surface area contributed by atoms with Gasteiger partial charge < -0.3 is 5.32 Å². The average molecular weight is 260 g/mol. The van der Waals surface area contributed by atoms with Crippen molar-refractivity contribution < 1.29 is 0 Å². The van der Waals surface area contributed by atoms with Crippen molar-refractivity contribution >= 4 is 0 Å². The van der Waals surface area contributed by atoms with Crippen LogP contribution < -0.4 is 5.32 Å². The first-order valence-corrected chi connectivity index (χ1v) is 7.46. The van der Waals surface area contributed by atoms with E-state index in [1.54, 1.807) is 0 Å². The first-order chi connectivity index (χ1) is 8.88. The summed E-state index contributed by atoms with van der Waals surface area (Å²) in [4.78, 5) is 2.60. The van der Waals surface area contributed by atoms with Crippen LogP contribution in [0.1, 0.15) is 51.7 Å². The van der Waals surface area contributed by atoms with E-state index in [1.807, 2.05) is 0 Å². The fraction of sp³-hybridized carbons (Fsp3) is 0.647. The quantitative estimate of drug-likeness (QED) is 0.896. The summed E-state index contributed by atoms with van der Waals surface area (Å²) in [5, 5.41) is 3.57. The summed E-state index contributed by atoms with van der Waals surface area (Å²) >= 11 is 0. The van der Waals surface area contributed by atoms with Gasteiger partial charge in [-0.25, -0.2) is 0 Å². The van der Waals surface area contributed by atoms with Gasteiger partial charge >= 0.3 is 0 Å². The van der Waals surface area contributed by atoms with Crippen molar-refractivity contribution in [1.29, 1.82) is 0 Å². The number of rotatable bonds is 3. The average Bonchev–Trinajstić information content (AvgIpc) is 2.35. The fourth-order valence-electron chi connectivity index (χ4n) is 2.68. The second-order valence-electron chi connectivity index (χ2n) is 6.87. The SMILES string of the molecule is CC1CN(Cc2ccc(C(C)C)cc2)C(C)(C)CN1. The van der Waals surface area contributed by atoms with E-state index in [4.69, 9.17) is 0 Å². The van der Waals surface area contributed by atoms with Crippen LogP contribution in [0, 0.1) is 0 Å². The van der Waals surface area contributed by atoms with Gasteiger partial charge in [0.2, 0.25) is 0 Å². The van der Waals surface area contributed by atoms with Crippen LogP contribution in [0.25, 0.3) is 0 Å². The van der Waals surface area contributed by atoms with Crippen LogP contribution in [0.2, 0.25) is 0 Å². The fourth-order valence-corrected chi connectivity index (χ4v) is 2.68. The topological polar surface area (TPSA) is 15.3 Å². The predicted molar refractivity (Wildman–Crippen MR) is 82.5 cm³/mol. The molecule has 106 valence electrons. The van der Waals surface area contributed by atoms with Crippen molar-refractivity contribution in [1.82, 2.24) is 10.2 Å². The van der Waals surface area contributed by atoms with Crippen LogP contribution in [-0.4, -0.2) is 29.6 Å². The van der Waals surface area contributed by atoms with Gasteiger partial charge in [-0.1, -0.05) is 38.1 Å². The lowest BCUT2D eigenvalue weighted by Crippen LogP contribution is -2.60. The molecule has 0 saturated carbocycles. The number of piperazine rings is 1. The van der Waals surface area contributed by atoms with Gasteiger partial charge in [-0.05, 0) is 37.8 Å². The Bertz CT molecular complexity index is 406. The molecule has 2 nitrogen and oxygen atoms in total. The minimum atomic E-state index is 0.239. The number of hydrogen-bond acceptors (Lipinski definition) is 2. The Hall–Kier alpha value is -0.860. The molecule has 1 saturated heterocycles. The Balaban J connectivity index is 2.06. The lowest BCUT2D eigenvalue weighted by atomic mass is 9.96. The van der Waals surface area contributed by atoms with Crippen LogP contribution in [-0.2, 0) is 6.54 Å². The van der Waals surface area contributed by atoms with E-state index in [-0.39, 0.29) is 5.54 Å². The molecule has 1 fully saturated rings. The van der Waals surface area contributed by atoms with E-state index in [0.29, 0.717) is 12.0 Å². The highest BCUT2D eigenvalue weighted by Crippen LogP contribution is 2.22. The standard InChI is InChI=1S/C17H28N2/c1-13(2)16-8-6-15(7-9-16)11-19-10-14(3)18-12-17(19,4)5/h6-9,13-14,18H,10-12H2,1-5H3. The molecule has 0 aliphatic carbocycles. The summed E-state index contributed by atoms with van der Waals surface area (Å²) in [5.41, 5.74) is 3.09. The Morgan fingerprint density at radius 2 is 1.89 bits per heavy atom. The van der Waals surface area contributed by atoms with Crippen LogP contribution >= 0.6 is 0 Å². The molecule has 2 heteroatoms. The third-order valence-corrected chi connectivity index (χ3v) is 4.25. The summed E-state index contributed by atoms with van der Waals surface area (Å²) < 4.78 is 0. The first-order valence-electron chi connectivity index (χ1n) is 7.46. The lowest BCUT2D eigenvalue weighted by molar-refractivity contribution is 0.0626. The molecular formula is C17H28N2. The molecule has 1 aromatic rings. The third-order valence-electron chi connectivity index (χ3n) is 4.25. The van der Waals surface area contributed by atoms with Crippen molar-refractivity contribution in [3.05, 3.63) is 35.4 Å². The minimum absolute atomic E-state index is 0.239. The van der Waals surface area contributed by atoms with Crippen molar-refractivity contribution in [3.8, 4) is 0 Å². The Labute approximate surface area is 118 Å². The zero-order valence-electron chi connectivity index (χ0n) is 13.0. The maximum Gasteiger partial charge on any atom is 0.0281 e. The van der Waals surface area contributed by atoms with Gasteiger partial charge in [0, 0.05) is 31.2 Å². The monoisotopic (exact) mass is 260 g/mol. The van der Waals surface area contributed by atoms with E-state index in [1.165, 1.54) is 11.1 Å². The molecule has 1 atom stereocenters. The van der Waals surface area contributed by atoms with E-state index in [2.05, 4.69) is 69.1 Å². The first kappa shape index (κ1) is 14.5. The summed E-state index contributed by atoms with van der Waals surface area (Å²) in [5.74, 6) is 0.615. The highest BCUT2D eigenvalue weighted by molar-refractivity contribution is 5.24. The van der Waals surface area contributed by atoms with Gasteiger partial charge in [0.1, 0.15) is 0 Å². The van der Waals surface area contributed by atoms with Crippen LogP contribution in [0.5, 0.6) is 0 Å². The molecule has 2 rings (SSSR count). The van der Waals surface area contributed by atoms with Crippen molar-refractivity contribution in [2.45, 2.75) is 58.7 Å². The molecule has 0 bridgehead atoms. The van der Waals surface area contributed by atoms with Crippen molar-refractivity contribution in [2.24, 2.45) is 0 Å². The van der Waals surface area contributed by atoms with E-state index in [9.17, 15) is 0 Å². The number of benzene rings is 1. The molecule has 0 amide bonds. The highest BCUT2D eigenvalue weighted by Gasteiger charge is 2.32. The number of nitrogens with one attached hydrogen (secondary N) is 1. The minimum Gasteiger partial charge on any atom is -0.311 e. The molecule has 0 aromatic heterocycles. The van der Waals surface area contributed by atoms with Crippen LogP contribution in [0.15, 0.2) is 24.3 Å².